The molecule has 1 atom stereocenters. The first-order chi connectivity index (χ1) is 11.4. The Morgan fingerprint density at radius 2 is 1.50 bits per heavy atom. The van der Waals surface area contributed by atoms with E-state index >= 15 is 0 Å². The number of nitrogens with one attached hydrogen (secondary N) is 2. The lowest BCUT2D eigenvalue weighted by molar-refractivity contribution is -0.130. The molecule has 0 aromatic heterocycles. The smallest absolute Gasteiger partial charge is 0.246 e. The van der Waals surface area contributed by atoms with Crippen LogP contribution >= 0.6 is 0 Å². The minimum Gasteiger partial charge on any atom is -0.371 e. The van der Waals surface area contributed by atoms with E-state index in [4.69, 9.17) is 9.47 Å². The number of hydrogen-bond donors (Lipinski definition) is 2. The van der Waals surface area contributed by atoms with Crippen LogP contribution in [0.25, 0.3) is 0 Å². The molecule has 0 radical (unpaired) electrons. The molecule has 6 nitrogen and oxygen atoms in total. The second-order valence-corrected chi connectivity index (χ2v) is 7.81. The van der Waals surface area contributed by atoms with Crippen molar-refractivity contribution in [2.24, 2.45) is 17.8 Å². The normalized spacial score (nSPS) is 19.8. The van der Waals surface area contributed by atoms with Gasteiger partial charge in [-0.05, 0) is 50.4 Å². The first-order valence-corrected chi connectivity index (χ1v) is 9.12. The van der Waals surface area contributed by atoms with Gasteiger partial charge in [-0.1, -0.05) is 13.8 Å². The minimum atomic E-state index is -0.508. The van der Waals surface area contributed by atoms with Crippen molar-refractivity contribution in [3.05, 3.63) is 0 Å². The zero-order valence-electron chi connectivity index (χ0n) is 15.2. The first-order valence-electron chi connectivity index (χ1n) is 9.12. The summed E-state index contributed by atoms with van der Waals surface area (Å²) in [6.07, 6.45) is 4.84. The quantitative estimate of drug-likeness (QED) is 0.564. The molecule has 2 saturated carbocycles. The molecule has 2 aliphatic carbocycles. The van der Waals surface area contributed by atoms with Crippen LogP contribution in [0.2, 0.25) is 0 Å². The molecule has 2 amide bonds. The Hall–Kier alpha value is -1.14. The molecule has 0 aliphatic heterocycles. The highest BCUT2D eigenvalue weighted by Crippen LogP contribution is 2.29. The summed E-state index contributed by atoms with van der Waals surface area (Å²) in [7, 11) is 0. The van der Waals surface area contributed by atoms with E-state index in [2.05, 4.69) is 10.6 Å². The fourth-order valence-corrected chi connectivity index (χ4v) is 2.29. The van der Waals surface area contributed by atoms with E-state index in [-0.39, 0.29) is 30.9 Å². The molecule has 0 aromatic carbocycles. The lowest BCUT2D eigenvalue weighted by Gasteiger charge is -2.35. The maximum Gasteiger partial charge on any atom is 0.246 e. The van der Waals surface area contributed by atoms with Crippen LogP contribution in [0, 0.1) is 17.8 Å². The average Bonchev–Trinajstić information content (AvgIpc) is 3.39. The Kier molecular flexibility index (Phi) is 7.04. The van der Waals surface area contributed by atoms with Gasteiger partial charge in [0, 0.05) is 6.54 Å². The topological polar surface area (TPSA) is 76.7 Å². The SMILES string of the molecule is CC(C)[C@](C)(CNC(=O)COCC1CC1)NC(=O)COCC1CC1. The van der Waals surface area contributed by atoms with Gasteiger partial charge in [-0.3, -0.25) is 9.59 Å². The summed E-state index contributed by atoms with van der Waals surface area (Å²) in [5.41, 5.74) is -0.508. The monoisotopic (exact) mass is 340 g/mol. The number of carbonyl (C=O) groups excluding carboxylic acids is 2. The average molecular weight is 340 g/mol. The maximum absolute atomic E-state index is 12.1. The molecule has 2 rings (SSSR count). The van der Waals surface area contributed by atoms with Gasteiger partial charge in [0.15, 0.2) is 0 Å². The Labute approximate surface area is 145 Å². The third-order valence-corrected chi connectivity index (χ3v) is 4.92. The molecule has 2 aliphatic rings. The van der Waals surface area contributed by atoms with E-state index in [0.29, 0.717) is 31.6 Å². The van der Waals surface area contributed by atoms with Gasteiger partial charge in [0.25, 0.3) is 0 Å². The van der Waals surface area contributed by atoms with Crippen molar-refractivity contribution in [1.82, 2.24) is 10.6 Å². The zero-order chi connectivity index (χ0) is 17.6. The molecule has 6 heteroatoms. The lowest BCUT2D eigenvalue weighted by Crippen LogP contribution is -2.57. The van der Waals surface area contributed by atoms with Gasteiger partial charge < -0.3 is 20.1 Å². The summed E-state index contributed by atoms with van der Waals surface area (Å²) in [5.74, 6) is 1.20. The predicted molar refractivity (Wildman–Crippen MR) is 91.5 cm³/mol. The third kappa shape index (κ3) is 7.18. The van der Waals surface area contributed by atoms with Crippen molar-refractivity contribution in [2.75, 3.05) is 33.0 Å². The molecule has 0 aromatic rings. The first kappa shape index (κ1) is 19.2. The molecule has 0 spiro atoms. The van der Waals surface area contributed by atoms with Crippen molar-refractivity contribution >= 4 is 11.8 Å². The van der Waals surface area contributed by atoms with E-state index in [0.717, 1.165) is 0 Å². The standard InChI is InChI=1S/C18H32N2O4/c1-13(2)18(3,20-17(22)11-24-9-15-6-7-15)12-19-16(21)10-23-8-14-4-5-14/h13-15H,4-12H2,1-3H3,(H,19,21)(H,20,22)/t18-/m0/s1. The second kappa shape index (κ2) is 8.81. The fraction of sp³-hybridized carbons (Fsp3) is 0.889. The van der Waals surface area contributed by atoms with Crippen LogP contribution in [0.15, 0.2) is 0 Å². The van der Waals surface area contributed by atoms with Crippen LogP contribution in [-0.4, -0.2) is 50.3 Å². The number of amides is 2. The van der Waals surface area contributed by atoms with Crippen molar-refractivity contribution in [2.45, 2.75) is 52.0 Å². The van der Waals surface area contributed by atoms with Crippen molar-refractivity contribution < 1.29 is 19.1 Å². The zero-order valence-corrected chi connectivity index (χ0v) is 15.2. The summed E-state index contributed by atoms with van der Waals surface area (Å²) in [4.78, 5) is 24.0. The van der Waals surface area contributed by atoms with Gasteiger partial charge in [-0.25, -0.2) is 0 Å². The van der Waals surface area contributed by atoms with Crippen LogP contribution in [0.3, 0.4) is 0 Å². The highest BCUT2D eigenvalue weighted by atomic mass is 16.5. The Morgan fingerprint density at radius 1 is 1.00 bits per heavy atom. The Balaban J connectivity index is 1.66. The number of ether oxygens (including phenoxy) is 2. The van der Waals surface area contributed by atoms with Gasteiger partial charge in [0.1, 0.15) is 13.2 Å². The van der Waals surface area contributed by atoms with Gasteiger partial charge in [0.05, 0.1) is 18.8 Å². The summed E-state index contributed by atoms with van der Waals surface area (Å²) >= 11 is 0. The minimum absolute atomic E-state index is 0.0806. The highest BCUT2D eigenvalue weighted by molar-refractivity contribution is 5.79. The van der Waals surface area contributed by atoms with E-state index in [9.17, 15) is 9.59 Å². The molecule has 2 N–H and O–H groups in total. The molecule has 0 bridgehead atoms. The largest absolute Gasteiger partial charge is 0.371 e. The molecule has 0 unspecified atom stereocenters. The van der Waals surface area contributed by atoms with Gasteiger partial charge in [0.2, 0.25) is 11.8 Å². The summed E-state index contributed by atoms with van der Waals surface area (Å²) in [5, 5.41) is 5.88. The van der Waals surface area contributed by atoms with Crippen LogP contribution in [0.4, 0.5) is 0 Å². The molecule has 2 fully saturated rings. The highest BCUT2D eigenvalue weighted by Gasteiger charge is 2.31. The van der Waals surface area contributed by atoms with E-state index in [1.54, 1.807) is 0 Å². The fourth-order valence-electron chi connectivity index (χ4n) is 2.29. The predicted octanol–water partition coefficient (Wildman–Crippen LogP) is 1.49. The van der Waals surface area contributed by atoms with Gasteiger partial charge in [-0.2, -0.15) is 0 Å². The van der Waals surface area contributed by atoms with E-state index in [1.807, 2.05) is 20.8 Å². The number of hydrogen-bond acceptors (Lipinski definition) is 4. The van der Waals surface area contributed by atoms with Gasteiger partial charge in [-0.15, -0.1) is 0 Å². The third-order valence-electron chi connectivity index (χ3n) is 4.92. The molecular weight excluding hydrogens is 308 g/mol. The number of rotatable bonds is 12. The Morgan fingerprint density at radius 3 is 1.96 bits per heavy atom. The lowest BCUT2D eigenvalue weighted by atomic mass is 9.88. The van der Waals surface area contributed by atoms with Crippen molar-refractivity contribution in [1.29, 1.82) is 0 Å². The molecule has 24 heavy (non-hydrogen) atoms. The molecule has 0 heterocycles. The summed E-state index contributed by atoms with van der Waals surface area (Å²) in [6.45, 7) is 7.89. The van der Waals surface area contributed by atoms with Crippen LogP contribution in [0.1, 0.15) is 46.5 Å². The van der Waals surface area contributed by atoms with Crippen LogP contribution < -0.4 is 10.6 Å². The molecule has 138 valence electrons. The van der Waals surface area contributed by atoms with E-state index < -0.39 is 5.54 Å². The van der Waals surface area contributed by atoms with E-state index in [1.165, 1.54) is 25.7 Å². The van der Waals surface area contributed by atoms with Gasteiger partial charge >= 0.3 is 0 Å². The second-order valence-electron chi connectivity index (χ2n) is 7.81. The summed E-state index contributed by atoms with van der Waals surface area (Å²) < 4.78 is 10.8. The Bertz CT molecular complexity index is 433. The van der Waals surface area contributed by atoms with Crippen molar-refractivity contribution in [3.8, 4) is 0 Å². The molecular formula is C18H32N2O4. The summed E-state index contributed by atoms with van der Waals surface area (Å²) in [6, 6.07) is 0. The van der Waals surface area contributed by atoms with Crippen LogP contribution in [-0.2, 0) is 19.1 Å². The van der Waals surface area contributed by atoms with Crippen molar-refractivity contribution in [3.63, 3.8) is 0 Å². The molecule has 0 saturated heterocycles. The van der Waals surface area contributed by atoms with Crippen LogP contribution in [0.5, 0.6) is 0 Å². The maximum atomic E-state index is 12.1. The number of carbonyl (C=O) groups is 2.